The van der Waals surface area contributed by atoms with Gasteiger partial charge in [-0.1, -0.05) is 68.2 Å². The van der Waals surface area contributed by atoms with E-state index in [1.54, 1.807) is 0 Å². The van der Waals surface area contributed by atoms with Crippen LogP contribution in [0.25, 0.3) is 40.2 Å². The second-order valence-corrected chi connectivity index (χ2v) is 12.7. The number of carbonyl (C=O) groups excluding carboxylic acids is 2. The number of allylic oxidation sites excluding steroid dienone is 3. The van der Waals surface area contributed by atoms with Crippen LogP contribution in [0.2, 0.25) is 0 Å². The minimum Gasteiger partial charge on any atom is -0.681 e. The molecule has 5 heterocycles. The third kappa shape index (κ3) is 5.63. The first-order valence-electron chi connectivity index (χ1n) is 15.7. The maximum Gasteiger partial charge on any atom is 2.00 e. The molecule has 0 amide bonds. The van der Waals surface area contributed by atoms with Crippen LogP contribution in [0.5, 0.6) is 0 Å². The fourth-order valence-corrected chi connectivity index (χ4v) is 7.75. The number of esters is 1. The van der Waals surface area contributed by atoms with Crippen molar-refractivity contribution in [2.45, 2.75) is 66.8 Å². The van der Waals surface area contributed by atoms with Gasteiger partial charge in [-0.05, 0) is 50.9 Å². The number of aliphatic carboxylic acids is 1. The molecule has 12 heteroatoms. The molecule has 0 aromatic carbocycles. The largest absolute Gasteiger partial charge is 2.00 e. The summed E-state index contributed by atoms with van der Waals surface area (Å²) in [5.74, 6) is -3.92. The molecule has 6 atom stereocenters. The quantitative estimate of drug-likeness (QED) is 0.175. The van der Waals surface area contributed by atoms with Crippen molar-refractivity contribution >= 4 is 70.3 Å². The average molecular weight is 651 g/mol. The van der Waals surface area contributed by atoms with Crippen molar-refractivity contribution < 1.29 is 34.4 Å². The summed E-state index contributed by atoms with van der Waals surface area (Å²) in [6.45, 7) is 10.5. The Balaban J connectivity index is 0.00000433. The van der Waals surface area contributed by atoms with Crippen LogP contribution in [0.4, 0.5) is 0 Å². The van der Waals surface area contributed by atoms with Crippen LogP contribution in [0.1, 0.15) is 85.5 Å². The number of fused-ring (bicyclic) bond motifs is 8. The maximum atomic E-state index is 13.3. The van der Waals surface area contributed by atoms with E-state index in [-0.39, 0.29) is 71.1 Å². The Labute approximate surface area is 289 Å². The zero-order valence-electron chi connectivity index (χ0n) is 27.5. The van der Waals surface area contributed by atoms with Gasteiger partial charge in [-0.3, -0.25) is 14.4 Å². The second kappa shape index (κ2) is 13.0. The Morgan fingerprint density at radius 1 is 0.936 bits per heavy atom. The molecule has 2 fully saturated rings. The predicted octanol–water partition coefficient (Wildman–Crippen LogP) is 3.64. The molecule has 2 aromatic heterocycles. The van der Waals surface area contributed by atoms with Gasteiger partial charge in [0.25, 0.3) is 0 Å². The van der Waals surface area contributed by atoms with Crippen LogP contribution in [-0.4, -0.2) is 68.9 Å². The zero-order valence-corrected chi connectivity index (χ0v) is 28.9. The zero-order chi connectivity index (χ0) is 33.2. The van der Waals surface area contributed by atoms with Gasteiger partial charge in [0.1, 0.15) is 11.7 Å². The van der Waals surface area contributed by atoms with E-state index in [4.69, 9.17) is 25.3 Å². The number of hydrogen-bond donors (Lipinski definition) is 3. The molecule has 1 aliphatic carbocycles. The fourth-order valence-electron chi connectivity index (χ4n) is 7.75. The van der Waals surface area contributed by atoms with E-state index in [1.807, 2.05) is 39.0 Å². The van der Waals surface area contributed by atoms with Crippen LogP contribution in [-0.2, 0) is 14.3 Å². The molecule has 1 unspecified atom stereocenters. The third-order valence-corrected chi connectivity index (χ3v) is 10.2. The summed E-state index contributed by atoms with van der Waals surface area (Å²) < 4.78 is 5.01. The summed E-state index contributed by atoms with van der Waals surface area (Å²) in [7, 11) is 0. The van der Waals surface area contributed by atoms with Crippen LogP contribution >= 0.6 is 0 Å². The molecule has 6 rings (SSSR count). The van der Waals surface area contributed by atoms with Crippen LogP contribution in [0.3, 0.4) is 0 Å². The second-order valence-electron chi connectivity index (χ2n) is 12.7. The van der Waals surface area contributed by atoms with Crippen molar-refractivity contribution in [3.63, 3.8) is 0 Å². The number of hydrogen-bond acceptors (Lipinski definition) is 6. The molecule has 0 radical (unpaired) electrons. The molecule has 2 aromatic rings. The van der Waals surface area contributed by atoms with Gasteiger partial charge in [0.05, 0.1) is 0 Å². The fraction of sp³-hybridized carbons (Fsp3) is 0.457. The SMILES string of the molecule is CC[C@H]1/C2=C/c3[n-]c4c(c3C)=C(O)[C@H](C(=O)OCO)C=4C3[N-]/C(=C\c4[n-]c(c(C(C)=O)c4C)/C=C(\[N-]2)[C@@H]1C)[C@@H](C)[C@@H]3CCC(=O)O.[Mg+2]. The number of carboxylic acid groups (broad SMARTS) is 1. The summed E-state index contributed by atoms with van der Waals surface area (Å²) in [5, 5.41) is 41.6. The van der Waals surface area contributed by atoms with Crippen molar-refractivity contribution in [2.75, 3.05) is 6.79 Å². The normalized spacial score (nSPS) is 29.0. The molecule has 0 saturated carbocycles. The van der Waals surface area contributed by atoms with Gasteiger partial charge in [0, 0.05) is 17.2 Å². The van der Waals surface area contributed by atoms with Gasteiger partial charge >= 0.3 is 35.0 Å². The van der Waals surface area contributed by atoms with Gasteiger partial charge < -0.3 is 40.7 Å². The van der Waals surface area contributed by atoms with Crippen LogP contribution in [0, 0.1) is 43.4 Å². The third-order valence-electron chi connectivity index (χ3n) is 10.2. The summed E-state index contributed by atoms with van der Waals surface area (Å²) >= 11 is 0. The van der Waals surface area contributed by atoms with Crippen molar-refractivity contribution in [1.29, 1.82) is 0 Å². The monoisotopic (exact) mass is 650 g/mol. The van der Waals surface area contributed by atoms with Gasteiger partial charge in [0.15, 0.2) is 12.6 Å². The number of ketones is 1. The molecule has 0 spiro atoms. The first kappa shape index (κ1) is 34.6. The van der Waals surface area contributed by atoms with Gasteiger partial charge in [-0.25, -0.2) is 0 Å². The minimum absolute atomic E-state index is 0. The molecular weight excluding hydrogens is 613 g/mol. The van der Waals surface area contributed by atoms with E-state index in [9.17, 15) is 29.7 Å². The molecule has 3 N–H and O–H groups in total. The van der Waals surface area contributed by atoms with E-state index < -0.39 is 30.7 Å². The maximum absolute atomic E-state index is 13.3. The number of aliphatic hydroxyl groups is 2. The number of aromatic nitrogens is 2. The van der Waals surface area contributed by atoms with E-state index in [1.165, 1.54) is 6.92 Å². The standard InChI is InChI=1S/C35H40N4O7.Mg/c1-7-19-14(2)21-12-26-28(18(6)41)16(4)23(37-26)10-22-15(3)20(8-9-27(42)43)32(38-22)30-31(35(45)46-13-40)34(44)29-17(5)24(39-33(29)30)11-25(19)36-21;/h10-12,14-15,19-20,31-32,40H,7-9,13H2,1-6H3,(H4,36,37,41,42,43,44);/q-2;+2/p-2/b22-10-,25-11-;/t14-,15+,19-,20+,31-,32?;/m1./s1. The minimum atomic E-state index is -1.26. The van der Waals surface area contributed by atoms with Crippen molar-refractivity contribution in [3.05, 3.63) is 72.1 Å². The van der Waals surface area contributed by atoms with Crippen LogP contribution < -0.4 is 20.5 Å². The Morgan fingerprint density at radius 2 is 1.60 bits per heavy atom. The first-order chi connectivity index (χ1) is 21.9. The summed E-state index contributed by atoms with van der Waals surface area (Å²) in [5.41, 5.74) is 6.28. The van der Waals surface area contributed by atoms with Crippen LogP contribution in [0.15, 0.2) is 17.1 Å². The Morgan fingerprint density at radius 3 is 2.23 bits per heavy atom. The molecule has 4 aliphatic rings. The average Bonchev–Trinajstić information content (AvgIpc) is 3.73. The summed E-state index contributed by atoms with van der Waals surface area (Å²) in [6, 6.07) is -0.726. The topological polar surface area (TPSA) is 178 Å². The Kier molecular flexibility index (Phi) is 9.60. The van der Waals surface area contributed by atoms with E-state index in [2.05, 4.69) is 13.8 Å². The molecular formula is C35H38MgN4O7-2. The predicted molar refractivity (Wildman–Crippen MR) is 177 cm³/mol. The molecule has 3 aliphatic heterocycles. The number of rotatable bonds is 7. The molecule has 8 bridgehead atoms. The smallest absolute Gasteiger partial charge is 0.681 e. The number of carbonyl (C=O) groups is 3. The van der Waals surface area contributed by atoms with Crippen molar-refractivity contribution in [1.82, 2.24) is 9.97 Å². The summed E-state index contributed by atoms with van der Waals surface area (Å²) in [6.07, 6.45) is 6.58. The Hall–Kier alpha value is -3.74. The number of ether oxygens (including phenoxy) is 1. The molecule has 11 nitrogen and oxygen atoms in total. The van der Waals surface area contributed by atoms with Crippen molar-refractivity contribution in [2.24, 2.45) is 29.6 Å². The van der Waals surface area contributed by atoms with E-state index in [0.29, 0.717) is 55.6 Å². The number of carboxylic acids is 1. The Bertz CT molecular complexity index is 1880. The first-order valence-corrected chi connectivity index (χ1v) is 15.7. The summed E-state index contributed by atoms with van der Waals surface area (Å²) in [4.78, 5) is 47.9. The number of aliphatic hydroxyl groups excluding tert-OH is 2. The van der Waals surface area contributed by atoms with Gasteiger partial charge in [0.2, 0.25) is 0 Å². The van der Waals surface area contributed by atoms with E-state index in [0.717, 1.165) is 17.8 Å². The van der Waals surface area contributed by atoms with Gasteiger partial charge in [-0.2, -0.15) is 17.1 Å². The van der Waals surface area contributed by atoms with Crippen molar-refractivity contribution in [3.8, 4) is 0 Å². The molecule has 47 heavy (non-hydrogen) atoms. The molecule has 244 valence electrons. The molecule has 2 saturated heterocycles. The van der Waals surface area contributed by atoms with Gasteiger partial charge in [-0.15, -0.1) is 22.4 Å². The number of Topliss-reactive ketones (excluding diaryl/α,β-unsaturated/α-hetero) is 1. The van der Waals surface area contributed by atoms with E-state index >= 15 is 0 Å². The number of nitrogens with zero attached hydrogens (tertiary/aromatic N) is 4.